The SMILES string of the molecule is Cc1cc(C)c2nc(N3C(=O)c4oc5ccccc5c(=O)c4C3c3cccnc3)sc2c1. The highest BCUT2D eigenvalue weighted by Crippen LogP contribution is 2.43. The molecule has 156 valence electrons. The van der Waals surface area contributed by atoms with Crippen LogP contribution in [0.25, 0.3) is 21.2 Å². The van der Waals surface area contributed by atoms with Gasteiger partial charge in [-0.25, -0.2) is 4.98 Å². The van der Waals surface area contributed by atoms with E-state index >= 15 is 0 Å². The molecule has 0 fully saturated rings. The van der Waals surface area contributed by atoms with Crippen LogP contribution in [0.5, 0.6) is 0 Å². The number of rotatable bonds is 2. The van der Waals surface area contributed by atoms with Gasteiger partial charge in [-0.2, -0.15) is 0 Å². The van der Waals surface area contributed by atoms with E-state index in [1.165, 1.54) is 11.3 Å². The predicted molar refractivity (Wildman–Crippen MR) is 124 cm³/mol. The third kappa shape index (κ3) is 2.64. The molecule has 6 rings (SSSR count). The van der Waals surface area contributed by atoms with Crippen molar-refractivity contribution < 1.29 is 9.21 Å². The summed E-state index contributed by atoms with van der Waals surface area (Å²) in [6.45, 7) is 4.05. The van der Waals surface area contributed by atoms with Crippen LogP contribution >= 0.6 is 11.3 Å². The number of para-hydroxylation sites is 1. The van der Waals surface area contributed by atoms with Crippen molar-refractivity contribution in [2.75, 3.05) is 4.90 Å². The molecule has 32 heavy (non-hydrogen) atoms. The summed E-state index contributed by atoms with van der Waals surface area (Å²) < 4.78 is 6.98. The minimum Gasteiger partial charge on any atom is -0.450 e. The van der Waals surface area contributed by atoms with E-state index in [1.54, 1.807) is 47.6 Å². The van der Waals surface area contributed by atoms with E-state index in [0.717, 1.165) is 26.9 Å². The van der Waals surface area contributed by atoms with Gasteiger partial charge in [-0.3, -0.25) is 19.5 Å². The number of nitrogens with zero attached hydrogens (tertiary/aromatic N) is 3. The van der Waals surface area contributed by atoms with Gasteiger partial charge in [0.15, 0.2) is 10.6 Å². The highest BCUT2D eigenvalue weighted by atomic mass is 32.1. The Kier molecular flexibility index (Phi) is 4.03. The van der Waals surface area contributed by atoms with Crippen molar-refractivity contribution in [2.45, 2.75) is 19.9 Å². The average molecular weight is 439 g/mol. The second-order valence-electron chi connectivity index (χ2n) is 7.96. The number of hydrogen-bond acceptors (Lipinski definition) is 6. The van der Waals surface area contributed by atoms with Gasteiger partial charge in [0.25, 0.3) is 5.91 Å². The van der Waals surface area contributed by atoms with Crippen LogP contribution in [0.4, 0.5) is 5.13 Å². The lowest BCUT2D eigenvalue weighted by Crippen LogP contribution is -2.29. The molecule has 0 saturated carbocycles. The number of thiazole rings is 1. The Morgan fingerprint density at radius 2 is 1.91 bits per heavy atom. The molecule has 6 nitrogen and oxygen atoms in total. The van der Waals surface area contributed by atoms with E-state index in [-0.39, 0.29) is 17.1 Å². The number of aryl methyl sites for hydroxylation is 2. The molecule has 4 heterocycles. The van der Waals surface area contributed by atoms with E-state index in [9.17, 15) is 9.59 Å². The normalized spacial score (nSPS) is 15.6. The number of hydrogen-bond donors (Lipinski definition) is 0. The Morgan fingerprint density at radius 1 is 1.06 bits per heavy atom. The Bertz CT molecular complexity index is 1600. The average Bonchev–Trinajstić information content (AvgIpc) is 3.34. The quantitative estimate of drug-likeness (QED) is 0.380. The summed E-state index contributed by atoms with van der Waals surface area (Å²) in [4.78, 5) is 37.8. The largest absolute Gasteiger partial charge is 0.450 e. The number of pyridine rings is 1. The van der Waals surface area contributed by atoms with Crippen LogP contribution in [-0.4, -0.2) is 15.9 Å². The molecule has 0 bridgehead atoms. The minimum atomic E-state index is -0.658. The van der Waals surface area contributed by atoms with Gasteiger partial charge in [-0.1, -0.05) is 35.6 Å². The summed E-state index contributed by atoms with van der Waals surface area (Å²) in [5, 5.41) is 0.980. The molecule has 1 unspecified atom stereocenters. The molecule has 0 N–H and O–H groups in total. The van der Waals surface area contributed by atoms with Gasteiger partial charge in [0.1, 0.15) is 5.58 Å². The summed E-state index contributed by atoms with van der Waals surface area (Å²) in [6, 6.07) is 14.1. The Hall–Kier alpha value is -3.84. The summed E-state index contributed by atoms with van der Waals surface area (Å²) >= 11 is 1.44. The monoisotopic (exact) mass is 439 g/mol. The number of anilines is 1. The molecule has 0 radical (unpaired) electrons. The first kappa shape index (κ1) is 18.9. The minimum absolute atomic E-state index is 0.0645. The van der Waals surface area contributed by atoms with E-state index in [2.05, 4.69) is 17.1 Å². The lowest BCUT2D eigenvalue weighted by atomic mass is 10.0. The van der Waals surface area contributed by atoms with Crippen LogP contribution in [0.1, 0.15) is 38.9 Å². The number of amides is 1. The van der Waals surface area contributed by atoms with Crippen LogP contribution in [0.15, 0.2) is 70.1 Å². The molecule has 1 atom stereocenters. The maximum absolute atomic E-state index is 13.6. The lowest BCUT2D eigenvalue weighted by molar-refractivity contribution is 0.0971. The van der Waals surface area contributed by atoms with Crippen LogP contribution < -0.4 is 10.3 Å². The van der Waals surface area contributed by atoms with Crippen molar-refractivity contribution in [1.82, 2.24) is 9.97 Å². The zero-order valence-electron chi connectivity index (χ0n) is 17.3. The number of carbonyl (C=O) groups is 1. The number of fused-ring (bicyclic) bond motifs is 3. The van der Waals surface area contributed by atoms with Crippen LogP contribution in [0.2, 0.25) is 0 Å². The Balaban J connectivity index is 1.65. The first-order chi connectivity index (χ1) is 15.5. The zero-order valence-corrected chi connectivity index (χ0v) is 18.1. The fourth-order valence-electron chi connectivity index (χ4n) is 4.43. The highest BCUT2D eigenvalue weighted by molar-refractivity contribution is 7.22. The molecule has 0 saturated heterocycles. The van der Waals surface area contributed by atoms with E-state index in [4.69, 9.17) is 9.40 Å². The summed E-state index contributed by atoms with van der Waals surface area (Å²) in [6.07, 6.45) is 3.34. The van der Waals surface area contributed by atoms with Crippen LogP contribution in [0, 0.1) is 13.8 Å². The van der Waals surface area contributed by atoms with Crippen molar-refractivity contribution in [3.63, 3.8) is 0 Å². The second-order valence-corrected chi connectivity index (χ2v) is 8.97. The second kappa shape index (κ2) is 6.83. The van der Waals surface area contributed by atoms with Crippen molar-refractivity contribution in [3.05, 3.63) is 99.2 Å². The maximum Gasteiger partial charge on any atom is 0.297 e. The summed E-state index contributed by atoms with van der Waals surface area (Å²) in [5.41, 5.74) is 4.28. The number of aromatic nitrogens is 2. The molecule has 5 aromatic rings. The standard InChI is InChI=1S/C25H17N3O3S/c1-13-10-14(2)20-18(11-13)32-25(27-20)28-21(15-6-5-9-26-12-15)19-22(29)16-7-3-4-8-17(16)31-23(19)24(28)30/h3-12,21H,1-2H3. The fourth-order valence-corrected chi connectivity index (χ4v) is 5.60. The Morgan fingerprint density at radius 3 is 2.72 bits per heavy atom. The molecule has 0 spiro atoms. The van der Waals surface area contributed by atoms with Gasteiger partial charge >= 0.3 is 0 Å². The predicted octanol–water partition coefficient (Wildman–Crippen LogP) is 5.16. The van der Waals surface area contributed by atoms with Gasteiger partial charge in [-0.05, 0) is 54.8 Å². The number of carbonyl (C=O) groups excluding carboxylic acids is 1. The third-order valence-electron chi connectivity index (χ3n) is 5.80. The molecule has 1 aliphatic heterocycles. The first-order valence-electron chi connectivity index (χ1n) is 10.2. The molecule has 2 aromatic carbocycles. The lowest BCUT2D eigenvalue weighted by Gasteiger charge is -2.22. The molecule has 7 heteroatoms. The first-order valence-corrected chi connectivity index (χ1v) is 11.0. The van der Waals surface area contributed by atoms with Crippen LogP contribution in [-0.2, 0) is 0 Å². The van der Waals surface area contributed by atoms with E-state index in [0.29, 0.717) is 21.7 Å². The van der Waals surface area contributed by atoms with Gasteiger partial charge in [-0.15, -0.1) is 0 Å². The van der Waals surface area contributed by atoms with E-state index in [1.807, 2.05) is 19.9 Å². The van der Waals surface area contributed by atoms with E-state index < -0.39 is 6.04 Å². The molecule has 3 aromatic heterocycles. The van der Waals surface area contributed by atoms with Gasteiger partial charge in [0, 0.05) is 12.4 Å². The molecular weight excluding hydrogens is 422 g/mol. The van der Waals surface area contributed by atoms with Gasteiger partial charge in [0.05, 0.1) is 27.2 Å². The zero-order chi connectivity index (χ0) is 22.0. The van der Waals surface area contributed by atoms with Gasteiger partial charge in [0.2, 0.25) is 5.76 Å². The smallest absolute Gasteiger partial charge is 0.297 e. The Labute approximate surface area is 186 Å². The molecule has 1 amide bonds. The topological polar surface area (TPSA) is 76.3 Å². The van der Waals surface area contributed by atoms with Crippen molar-refractivity contribution >= 4 is 43.6 Å². The van der Waals surface area contributed by atoms with Crippen LogP contribution in [0.3, 0.4) is 0 Å². The van der Waals surface area contributed by atoms with Crippen molar-refractivity contribution in [1.29, 1.82) is 0 Å². The fraction of sp³-hybridized carbons (Fsp3) is 0.120. The summed E-state index contributed by atoms with van der Waals surface area (Å²) in [5.74, 6) is -0.306. The van der Waals surface area contributed by atoms with Crippen molar-refractivity contribution in [2.24, 2.45) is 0 Å². The maximum atomic E-state index is 13.6. The van der Waals surface area contributed by atoms with Crippen molar-refractivity contribution in [3.8, 4) is 0 Å². The van der Waals surface area contributed by atoms with Gasteiger partial charge < -0.3 is 4.42 Å². The molecule has 1 aliphatic rings. The third-order valence-corrected chi connectivity index (χ3v) is 6.80. The molecule has 0 aliphatic carbocycles. The summed E-state index contributed by atoms with van der Waals surface area (Å²) in [7, 11) is 0. The number of benzene rings is 2. The molecular formula is C25H17N3O3S. The highest BCUT2D eigenvalue weighted by Gasteiger charge is 2.45.